The summed E-state index contributed by atoms with van der Waals surface area (Å²) < 4.78 is 1.08. The number of rotatable bonds is 5. The van der Waals surface area contributed by atoms with Crippen molar-refractivity contribution in [1.82, 2.24) is 4.90 Å². The first-order chi connectivity index (χ1) is 10.1. The molecule has 1 fully saturated rings. The zero-order valence-corrected chi connectivity index (χ0v) is 14.0. The van der Waals surface area contributed by atoms with Gasteiger partial charge in [0.05, 0.1) is 11.5 Å². The van der Waals surface area contributed by atoms with E-state index in [0.29, 0.717) is 5.92 Å². The molecule has 4 nitrogen and oxygen atoms in total. The monoisotopic (exact) mass is 371 g/mol. The lowest BCUT2D eigenvalue weighted by Crippen LogP contribution is -2.39. The van der Waals surface area contributed by atoms with Crippen molar-refractivity contribution in [2.75, 3.05) is 24.6 Å². The van der Waals surface area contributed by atoms with Crippen LogP contribution in [0.1, 0.15) is 24.3 Å². The first-order valence-corrected chi connectivity index (χ1v) is 8.84. The van der Waals surface area contributed by atoms with Gasteiger partial charge in [0.2, 0.25) is 5.91 Å². The van der Waals surface area contributed by atoms with Crippen LogP contribution in [0.5, 0.6) is 0 Å². The Labute approximate surface area is 137 Å². The summed E-state index contributed by atoms with van der Waals surface area (Å²) in [7, 11) is 0. The lowest BCUT2D eigenvalue weighted by Gasteiger charge is -2.32. The molecular weight excluding hydrogens is 354 g/mol. The number of amides is 1. The van der Waals surface area contributed by atoms with E-state index < -0.39 is 5.97 Å². The first kappa shape index (κ1) is 16.4. The molecule has 0 aromatic heterocycles. The third-order valence-electron chi connectivity index (χ3n) is 3.64. The van der Waals surface area contributed by atoms with Crippen molar-refractivity contribution >= 4 is 39.6 Å². The van der Waals surface area contributed by atoms with Crippen molar-refractivity contribution < 1.29 is 14.7 Å². The van der Waals surface area contributed by atoms with Crippen LogP contribution in [0.25, 0.3) is 0 Å². The summed E-state index contributed by atoms with van der Waals surface area (Å²) in [4.78, 5) is 24.3. The van der Waals surface area contributed by atoms with Crippen LogP contribution in [0.15, 0.2) is 28.7 Å². The number of halogens is 1. The molecule has 1 aliphatic rings. The standard InChI is InChI=1S/C15H18BrNO3S/c16-13-3-1-11(2-4-13)12-5-7-17(8-6-12)14(18)9-21-10-15(19)20/h1-4,12H,5-10H2,(H,19,20). The van der Waals surface area contributed by atoms with Crippen molar-refractivity contribution in [2.45, 2.75) is 18.8 Å². The van der Waals surface area contributed by atoms with E-state index in [-0.39, 0.29) is 17.4 Å². The highest BCUT2D eigenvalue weighted by Gasteiger charge is 2.23. The molecule has 1 aromatic rings. The van der Waals surface area contributed by atoms with E-state index in [0.717, 1.165) is 30.4 Å². The van der Waals surface area contributed by atoms with E-state index in [9.17, 15) is 9.59 Å². The van der Waals surface area contributed by atoms with Crippen LogP contribution in [0.4, 0.5) is 0 Å². The molecule has 0 spiro atoms. The van der Waals surface area contributed by atoms with Crippen LogP contribution in [0, 0.1) is 0 Å². The van der Waals surface area contributed by atoms with Crippen LogP contribution in [0.3, 0.4) is 0 Å². The zero-order chi connectivity index (χ0) is 15.2. The number of likely N-dealkylation sites (tertiary alicyclic amines) is 1. The van der Waals surface area contributed by atoms with Crippen LogP contribution in [-0.2, 0) is 9.59 Å². The van der Waals surface area contributed by atoms with Gasteiger partial charge in [0.25, 0.3) is 0 Å². The number of thioether (sulfide) groups is 1. The summed E-state index contributed by atoms with van der Waals surface area (Å²) >= 11 is 4.60. The Kier molecular flexibility index (Phi) is 6.11. The Morgan fingerprint density at radius 1 is 1.19 bits per heavy atom. The van der Waals surface area contributed by atoms with Crippen molar-refractivity contribution in [3.8, 4) is 0 Å². The molecule has 0 aliphatic carbocycles. The smallest absolute Gasteiger partial charge is 0.313 e. The molecule has 1 heterocycles. The molecule has 21 heavy (non-hydrogen) atoms. The molecule has 1 N–H and O–H groups in total. The largest absolute Gasteiger partial charge is 0.481 e. The highest BCUT2D eigenvalue weighted by atomic mass is 79.9. The zero-order valence-electron chi connectivity index (χ0n) is 11.6. The molecular formula is C15H18BrNO3S. The van der Waals surface area contributed by atoms with Gasteiger partial charge in [-0.1, -0.05) is 28.1 Å². The SMILES string of the molecule is O=C(O)CSCC(=O)N1CCC(c2ccc(Br)cc2)CC1. The predicted octanol–water partition coefficient (Wildman–Crippen LogP) is 2.97. The average Bonchev–Trinajstić information content (AvgIpc) is 2.48. The van der Waals surface area contributed by atoms with E-state index in [1.54, 1.807) is 0 Å². The Morgan fingerprint density at radius 3 is 2.38 bits per heavy atom. The number of benzene rings is 1. The Morgan fingerprint density at radius 2 is 1.81 bits per heavy atom. The third-order valence-corrected chi connectivity index (χ3v) is 5.07. The van der Waals surface area contributed by atoms with Gasteiger partial charge in [-0.05, 0) is 36.5 Å². The Bertz CT molecular complexity index is 498. The molecule has 0 bridgehead atoms. The number of nitrogens with zero attached hydrogens (tertiary/aromatic N) is 1. The fourth-order valence-electron chi connectivity index (χ4n) is 2.51. The van der Waals surface area contributed by atoms with Gasteiger partial charge in [0, 0.05) is 17.6 Å². The molecule has 0 radical (unpaired) electrons. The normalized spacial score (nSPS) is 16.0. The average molecular weight is 372 g/mol. The summed E-state index contributed by atoms with van der Waals surface area (Å²) in [5.74, 6) is -0.0674. The number of carboxylic acid groups (broad SMARTS) is 1. The molecule has 0 unspecified atom stereocenters. The minimum atomic E-state index is -0.873. The van der Waals surface area contributed by atoms with Gasteiger partial charge < -0.3 is 10.0 Å². The summed E-state index contributed by atoms with van der Waals surface area (Å²) in [6.45, 7) is 1.51. The van der Waals surface area contributed by atoms with Gasteiger partial charge in [0.15, 0.2) is 0 Å². The van der Waals surface area contributed by atoms with Gasteiger partial charge in [-0.3, -0.25) is 9.59 Å². The van der Waals surface area contributed by atoms with Crippen LogP contribution in [-0.4, -0.2) is 46.5 Å². The van der Waals surface area contributed by atoms with Crippen molar-refractivity contribution in [2.24, 2.45) is 0 Å². The second-order valence-electron chi connectivity index (χ2n) is 5.09. The first-order valence-electron chi connectivity index (χ1n) is 6.89. The van der Waals surface area contributed by atoms with Gasteiger partial charge in [-0.25, -0.2) is 0 Å². The number of carboxylic acids is 1. The van der Waals surface area contributed by atoms with Gasteiger partial charge in [0.1, 0.15) is 0 Å². The quantitative estimate of drug-likeness (QED) is 0.864. The number of hydrogen-bond acceptors (Lipinski definition) is 3. The Balaban J connectivity index is 1.78. The summed E-state index contributed by atoms with van der Waals surface area (Å²) in [6, 6.07) is 8.37. The maximum absolute atomic E-state index is 12.0. The maximum atomic E-state index is 12.0. The highest BCUT2D eigenvalue weighted by Crippen LogP contribution is 2.29. The molecule has 1 aromatic carbocycles. The van der Waals surface area contributed by atoms with E-state index in [1.807, 2.05) is 4.90 Å². The second-order valence-corrected chi connectivity index (χ2v) is 6.99. The van der Waals surface area contributed by atoms with Crippen LogP contribution >= 0.6 is 27.7 Å². The fourth-order valence-corrected chi connectivity index (χ4v) is 3.41. The van der Waals surface area contributed by atoms with Crippen molar-refractivity contribution in [1.29, 1.82) is 0 Å². The van der Waals surface area contributed by atoms with Gasteiger partial charge in [-0.2, -0.15) is 0 Å². The number of carbonyl (C=O) groups excluding carboxylic acids is 1. The molecule has 2 rings (SSSR count). The molecule has 0 saturated carbocycles. The van der Waals surface area contributed by atoms with Crippen LogP contribution < -0.4 is 0 Å². The van der Waals surface area contributed by atoms with E-state index >= 15 is 0 Å². The summed E-state index contributed by atoms with van der Waals surface area (Å²) in [5, 5.41) is 8.57. The number of carbonyl (C=O) groups is 2. The predicted molar refractivity (Wildman–Crippen MR) is 87.7 cm³/mol. The molecule has 1 aliphatic heterocycles. The lowest BCUT2D eigenvalue weighted by atomic mass is 9.89. The molecule has 0 atom stereocenters. The third kappa shape index (κ3) is 5.04. The molecule has 1 amide bonds. The van der Waals surface area contributed by atoms with E-state index in [1.165, 1.54) is 17.3 Å². The number of piperidine rings is 1. The van der Waals surface area contributed by atoms with Crippen LogP contribution in [0.2, 0.25) is 0 Å². The number of aliphatic carboxylic acids is 1. The maximum Gasteiger partial charge on any atom is 0.313 e. The number of hydrogen-bond donors (Lipinski definition) is 1. The summed E-state index contributed by atoms with van der Waals surface area (Å²) in [6.07, 6.45) is 1.94. The van der Waals surface area contributed by atoms with Crippen molar-refractivity contribution in [3.05, 3.63) is 34.3 Å². The molecule has 114 valence electrons. The van der Waals surface area contributed by atoms with Gasteiger partial charge in [-0.15, -0.1) is 11.8 Å². The second kappa shape index (κ2) is 7.84. The van der Waals surface area contributed by atoms with E-state index in [4.69, 9.17) is 5.11 Å². The van der Waals surface area contributed by atoms with E-state index in [2.05, 4.69) is 40.2 Å². The molecule has 1 saturated heterocycles. The lowest BCUT2D eigenvalue weighted by molar-refractivity contribution is -0.133. The minimum Gasteiger partial charge on any atom is -0.481 e. The molecule has 6 heteroatoms. The van der Waals surface area contributed by atoms with Gasteiger partial charge >= 0.3 is 5.97 Å². The fraction of sp³-hybridized carbons (Fsp3) is 0.467. The highest BCUT2D eigenvalue weighted by molar-refractivity contribution is 9.10. The Hall–Kier alpha value is -1.01. The topological polar surface area (TPSA) is 57.6 Å². The summed E-state index contributed by atoms with van der Waals surface area (Å²) in [5.41, 5.74) is 1.32. The van der Waals surface area contributed by atoms with Crippen molar-refractivity contribution in [3.63, 3.8) is 0 Å². The minimum absolute atomic E-state index is 0.0128.